The van der Waals surface area contributed by atoms with Gasteiger partial charge in [0.2, 0.25) is 0 Å². The van der Waals surface area contributed by atoms with Gasteiger partial charge in [0.15, 0.2) is 0 Å². The Hall–Kier alpha value is -0.970. The maximum absolute atomic E-state index is 9.84. The number of halogens is 1. The lowest BCUT2D eigenvalue weighted by Gasteiger charge is -2.22. The predicted molar refractivity (Wildman–Crippen MR) is 84.5 cm³/mol. The van der Waals surface area contributed by atoms with Gasteiger partial charge in [-0.1, -0.05) is 18.5 Å². The maximum Gasteiger partial charge on any atom is 0.141 e. The molecule has 0 fully saturated rings. The van der Waals surface area contributed by atoms with Crippen LogP contribution in [0.4, 0.5) is 0 Å². The van der Waals surface area contributed by atoms with E-state index < -0.39 is 12.2 Å². The molecule has 0 saturated carbocycles. The van der Waals surface area contributed by atoms with Crippen LogP contribution in [0.15, 0.2) is 12.1 Å². The fraction of sp³-hybridized carbons (Fsp3) is 0.625. The fourth-order valence-electron chi connectivity index (χ4n) is 2.17. The molecule has 0 aliphatic rings. The van der Waals surface area contributed by atoms with Gasteiger partial charge < -0.3 is 19.7 Å². The first-order valence-electron chi connectivity index (χ1n) is 7.35. The molecule has 0 aromatic heterocycles. The zero-order valence-corrected chi connectivity index (χ0v) is 13.9. The third kappa shape index (κ3) is 5.06. The number of aliphatic hydroxyl groups excluding tert-OH is 2. The monoisotopic (exact) mass is 316 g/mol. The third-order valence-electron chi connectivity index (χ3n) is 3.35. The van der Waals surface area contributed by atoms with E-state index in [-0.39, 0.29) is 5.92 Å². The number of hydrogen-bond acceptors (Lipinski definition) is 4. The van der Waals surface area contributed by atoms with Gasteiger partial charge in [-0.25, -0.2) is 0 Å². The first kappa shape index (κ1) is 18.1. The zero-order valence-electron chi connectivity index (χ0n) is 13.1. The standard InChI is InChI=1S/C16H25ClO4/c1-5-20-15-9-16(21-6-2)13(17)8-12(15)10(3)7-14(19)11(4)18/h8-11,14,18-19H,5-7H2,1-4H3. The van der Waals surface area contributed by atoms with E-state index in [4.69, 9.17) is 21.1 Å². The van der Waals surface area contributed by atoms with Crippen LogP contribution in [0.25, 0.3) is 0 Å². The van der Waals surface area contributed by atoms with Crippen molar-refractivity contribution in [3.05, 3.63) is 22.7 Å². The van der Waals surface area contributed by atoms with Crippen molar-refractivity contribution < 1.29 is 19.7 Å². The summed E-state index contributed by atoms with van der Waals surface area (Å²) in [5, 5.41) is 19.8. The second-order valence-corrected chi connectivity index (χ2v) is 5.54. The maximum atomic E-state index is 9.84. The van der Waals surface area contributed by atoms with Crippen molar-refractivity contribution in [1.82, 2.24) is 0 Å². The summed E-state index contributed by atoms with van der Waals surface area (Å²) in [6.07, 6.45) is -1.11. The van der Waals surface area contributed by atoms with Crippen LogP contribution in [0.2, 0.25) is 5.02 Å². The highest BCUT2D eigenvalue weighted by atomic mass is 35.5. The minimum atomic E-state index is -0.778. The lowest BCUT2D eigenvalue weighted by molar-refractivity contribution is 0.0226. The van der Waals surface area contributed by atoms with Gasteiger partial charge in [-0.2, -0.15) is 0 Å². The van der Waals surface area contributed by atoms with E-state index >= 15 is 0 Å². The summed E-state index contributed by atoms with van der Waals surface area (Å²) in [6.45, 7) is 8.42. The highest BCUT2D eigenvalue weighted by Gasteiger charge is 2.21. The molecular formula is C16H25ClO4. The van der Waals surface area contributed by atoms with Crippen molar-refractivity contribution in [2.75, 3.05) is 13.2 Å². The van der Waals surface area contributed by atoms with E-state index in [1.54, 1.807) is 13.0 Å². The number of hydrogen-bond donors (Lipinski definition) is 2. The van der Waals surface area contributed by atoms with E-state index in [9.17, 15) is 10.2 Å². The number of aliphatic hydroxyl groups is 2. The van der Waals surface area contributed by atoms with Gasteiger partial charge in [0.1, 0.15) is 11.5 Å². The van der Waals surface area contributed by atoms with E-state index in [0.29, 0.717) is 36.2 Å². The smallest absolute Gasteiger partial charge is 0.141 e. The Labute approximate surface area is 131 Å². The van der Waals surface area contributed by atoms with Crippen LogP contribution in [-0.2, 0) is 0 Å². The van der Waals surface area contributed by atoms with Crippen LogP contribution in [0, 0.1) is 0 Å². The molecule has 3 unspecified atom stereocenters. The van der Waals surface area contributed by atoms with Gasteiger partial charge in [0, 0.05) is 6.07 Å². The van der Waals surface area contributed by atoms with Crippen molar-refractivity contribution in [2.24, 2.45) is 0 Å². The summed E-state index contributed by atoms with van der Waals surface area (Å²) in [4.78, 5) is 0. The Morgan fingerprint density at radius 3 is 2.14 bits per heavy atom. The number of ether oxygens (including phenoxy) is 2. The highest BCUT2D eigenvalue weighted by molar-refractivity contribution is 6.32. The molecule has 0 bridgehead atoms. The normalized spacial score (nSPS) is 15.4. The highest BCUT2D eigenvalue weighted by Crippen LogP contribution is 2.38. The second-order valence-electron chi connectivity index (χ2n) is 5.13. The minimum absolute atomic E-state index is 0.00401. The topological polar surface area (TPSA) is 58.9 Å². The molecule has 120 valence electrons. The summed E-state index contributed by atoms with van der Waals surface area (Å²) in [5.41, 5.74) is 0.907. The van der Waals surface area contributed by atoms with Crippen molar-refractivity contribution in [3.63, 3.8) is 0 Å². The summed E-state index contributed by atoms with van der Waals surface area (Å²) in [7, 11) is 0. The van der Waals surface area contributed by atoms with Gasteiger partial charge >= 0.3 is 0 Å². The summed E-state index contributed by atoms with van der Waals surface area (Å²) in [5.74, 6) is 1.30. The first-order chi connectivity index (χ1) is 9.90. The van der Waals surface area contributed by atoms with Crippen molar-refractivity contribution in [1.29, 1.82) is 0 Å². The van der Waals surface area contributed by atoms with E-state index in [2.05, 4.69) is 0 Å². The fourth-order valence-corrected chi connectivity index (χ4v) is 2.39. The second kappa shape index (κ2) is 8.47. The van der Waals surface area contributed by atoms with E-state index in [1.165, 1.54) is 0 Å². The Bertz CT molecular complexity index is 448. The molecule has 0 saturated heterocycles. The molecule has 0 aliphatic heterocycles. The van der Waals surface area contributed by atoms with Gasteiger partial charge in [-0.05, 0) is 44.7 Å². The van der Waals surface area contributed by atoms with Gasteiger partial charge in [-0.15, -0.1) is 0 Å². The summed E-state index contributed by atoms with van der Waals surface area (Å²) >= 11 is 6.23. The molecule has 0 spiro atoms. The van der Waals surface area contributed by atoms with Crippen LogP contribution in [0.3, 0.4) is 0 Å². The summed E-state index contributed by atoms with van der Waals surface area (Å²) < 4.78 is 11.1. The SMILES string of the molecule is CCOc1cc(OCC)c(C(C)CC(O)C(C)O)cc1Cl. The number of rotatable bonds is 8. The Balaban J connectivity index is 3.06. The molecule has 1 rings (SSSR count). The number of benzene rings is 1. The predicted octanol–water partition coefficient (Wildman–Crippen LogP) is 3.37. The van der Waals surface area contributed by atoms with E-state index in [0.717, 1.165) is 5.56 Å². The first-order valence-corrected chi connectivity index (χ1v) is 7.73. The van der Waals surface area contributed by atoms with Crippen molar-refractivity contribution in [2.45, 2.75) is 52.2 Å². The largest absolute Gasteiger partial charge is 0.493 e. The molecule has 3 atom stereocenters. The molecule has 4 nitrogen and oxygen atoms in total. The average Bonchev–Trinajstić information content (AvgIpc) is 2.42. The van der Waals surface area contributed by atoms with E-state index in [1.807, 2.05) is 26.8 Å². The van der Waals surface area contributed by atoms with Crippen molar-refractivity contribution in [3.8, 4) is 11.5 Å². The molecule has 1 aromatic rings. The van der Waals surface area contributed by atoms with Crippen molar-refractivity contribution >= 4 is 11.6 Å². The third-order valence-corrected chi connectivity index (χ3v) is 3.64. The van der Waals surface area contributed by atoms with Crippen LogP contribution in [-0.4, -0.2) is 35.6 Å². The van der Waals surface area contributed by atoms with Crippen LogP contribution in [0.5, 0.6) is 11.5 Å². The van der Waals surface area contributed by atoms with Crippen LogP contribution in [0.1, 0.15) is 45.6 Å². The lowest BCUT2D eigenvalue weighted by atomic mass is 9.92. The molecule has 0 amide bonds. The molecule has 21 heavy (non-hydrogen) atoms. The van der Waals surface area contributed by atoms with Crippen LogP contribution >= 0.6 is 11.6 Å². The molecule has 1 aromatic carbocycles. The molecule has 5 heteroatoms. The minimum Gasteiger partial charge on any atom is -0.493 e. The quantitative estimate of drug-likeness (QED) is 0.772. The van der Waals surface area contributed by atoms with Crippen LogP contribution < -0.4 is 9.47 Å². The summed E-state index contributed by atoms with van der Waals surface area (Å²) in [6, 6.07) is 3.60. The Morgan fingerprint density at radius 2 is 1.62 bits per heavy atom. The Morgan fingerprint density at radius 1 is 1.05 bits per heavy atom. The Kier molecular flexibility index (Phi) is 7.29. The molecule has 0 radical (unpaired) electrons. The molecule has 0 heterocycles. The molecular weight excluding hydrogens is 292 g/mol. The molecule has 2 N–H and O–H groups in total. The van der Waals surface area contributed by atoms with Gasteiger partial charge in [-0.3, -0.25) is 0 Å². The average molecular weight is 317 g/mol. The molecule has 0 aliphatic carbocycles. The van der Waals surface area contributed by atoms with Gasteiger partial charge in [0.25, 0.3) is 0 Å². The van der Waals surface area contributed by atoms with Gasteiger partial charge in [0.05, 0.1) is 30.4 Å². The zero-order chi connectivity index (χ0) is 16.0. The lowest BCUT2D eigenvalue weighted by Crippen LogP contribution is -2.24.